The zero-order chi connectivity index (χ0) is 18.9. The first-order valence-electron chi connectivity index (χ1n) is 7.91. The van der Waals surface area contributed by atoms with Crippen molar-refractivity contribution in [2.24, 2.45) is 10.8 Å². The van der Waals surface area contributed by atoms with E-state index in [0.717, 1.165) is 17.7 Å². The predicted molar refractivity (Wildman–Crippen MR) is 94.7 cm³/mol. The summed E-state index contributed by atoms with van der Waals surface area (Å²) in [5, 5.41) is 5.98. The first kappa shape index (κ1) is 18.0. The zero-order valence-electron chi connectivity index (χ0n) is 14.3. The van der Waals surface area contributed by atoms with Crippen LogP contribution < -0.4 is 10.5 Å². The highest BCUT2D eigenvalue weighted by atomic mass is 19.4. The van der Waals surface area contributed by atoms with E-state index in [0.29, 0.717) is 22.6 Å². The van der Waals surface area contributed by atoms with Gasteiger partial charge in [0.25, 0.3) is 0 Å². The number of nitrogens with two attached hydrogens (primary N) is 1. The molecular formula is C19H18F3N3O. The molecule has 4 nitrogen and oxygen atoms in total. The molecule has 3 rings (SSSR count). The molecule has 2 aromatic carbocycles. The van der Waals surface area contributed by atoms with Crippen molar-refractivity contribution in [3.8, 4) is 5.75 Å². The third-order valence-electron chi connectivity index (χ3n) is 4.19. The Bertz CT molecular complexity index is 857. The summed E-state index contributed by atoms with van der Waals surface area (Å²) in [7, 11) is 3.29. The summed E-state index contributed by atoms with van der Waals surface area (Å²) in [5.74, 6) is 0.675. The Labute approximate surface area is 149 Å². The molecule has 0 aromatic heterocycles. The molecule has 1 heterocycles. The van der Waals surface area contributed by atoms with Gasteiger partial charge in [-0.1, -0.05) is 30.3 Å². The molecule has 0 amide bonds. The van der Waals surface area contributed by atoms with Crippen LogP contribution in [0.3, 0.4) is 0 Å². The molecule has 1 aliphatic rings. The SMILES string of the molecule is COc1ccccc1C=C1C(c2ccc(C(F)(F)F)cc2)=NN(C)C1N. The third kappa shape index (κ3) is 3.43. The van der Waals surface area contributed by atoms with Gasteiger partial charge >= 0.3 is 6.18 Å². The fourth-order valence-corrected chi connectivity index (χ4v) is 2.77. The number of halogens is 3. The van der Waals surface area contributed by atoms with Crippen molar-refractivity contribution in [1.29, 1.82) is 0 Å². The summed E-state index contributed by atoms with van der Waals surface area (Å²) in [6.07, 6.45) is -3.03. The normalized spacial score (nSPS) is 19.0. The summed E-state index contributed by atoms with van der Waals surface area (Å²) >= 11 is 0. The van der Waals surface area contributed by atoms with E-state index in [1.165, 1.54) is 12.1 Å². The van der Waals surface area contributed by atoms with Gasteiger partial charge in [0, 0.05) is 23.7 Å². The largest absolute Gasteiger partial charge is 0.496 e. The maximum atomic E-state index is 12.8. The molecule has 0 saturated carbocycles. The number of methoxy groups -OCH3 is 1. The van der Waals surface area contributed by atoms with Crippen LogP contribution in [0.15, 0.2) is 59.2 Å². The number of nitrogens with zero attached hydrogens (tertiary/aromatic N) is 2. The fourth-order valence-electron chi connectivity index (χ4n) is 2.77. The molecule has 1 aliphatic heterocycles. The lowest BCUT2D eigenvalue weighted by atomic mass is 9.98. The van der Waals surface area contributed by atoms with Crippen molar-refractivity contribution in [3.63, 3.8) is 0 Å². The predicted octanol–water partition coefficient (Wildman–Crippen LogP) is 3.73. The van der Waals surface area contributed by atoms with Crippen LogP contribution in [0.4, 0.5) is 13.2 Å². The molecule has 7 heteroatoms. The Hall–Kier alpha value is -2.80. The van der Waals surface area contributed by atoms with Crippen LogP contribution >= 0.6 is 0 Å². The third-order valence-corrected chi connectivity index (χ3v) is 4.19. The number of rotatable bonds is 3. The van der Waals surface area contributed by atoms with Crippen molar-refractivity contribution in [3.05, 3.63) is 70.8 Å². The average Bonchev–Trinajstić information content (AvgIpc) is 2.90. The Morgan fingerprint density at radius 3 is 2.38 bits per heavy atom. The van der Waals surface area contributed by atoms with Crippen molar-refractivity contribution in [1.82, 2.24) is 5.01 Å². The highest BCUT2D eigenvalue weighted by Gasteiger charge is 2.31. The van der Waals surface area contributed by atoms with Crippen LogP contribution in [0.5, 0.6) is 5.75 Å². The minimum absolute atomic E-state index is 0.503. The van der Waals surface area contributed by atoms with E-state index >= 15 is 0 Å². The van der Waals surface area contributed by atoms with Crippen molar-refractivity contribution < 1.29 is 17.9 Å². The van der Waals surface area contributed by atoms with E-state index in [1.807, 2.05) is 30.3 Å². The molecule has 0 bridgehead atoms. The first-order chi connectivity index (χ1) is 12.3. The molecular weight excluding hydrogens is 343 g/mol. The van der Waals surface area contributed by atoms with Gasteiger partial charge in [-0.3, -0.25) is 5.01 Å². The second-order valence-electron chi connectivity index (χ2n) is 5.88. The Kier molecular flexibility index (Phi) is 4.73. The number of hydrazone groups is 1. The average molecular weight is 361 g/mol. The van der Waals surface area contributed by atoms with Crippen LogP contribution in [-0.4, -0.2) is 31.0 Å². The van der Waals surface area contributed by atoms with Crippen LogP contribution in [0.25, 0.3) is 6.08 Å². The second kappa shape index (κ2) is 6.84. The quantitative estimate of drug-likeness (QED) is 0.906. The highest BCUT2D eigenvalue weighted by Crippen LogP contribution is 2.31. The van der Waals surface area contributed by atoms with Crippen molar-refractivity contribution in [2.75, 3.05) is 14.2 Å². The van der Waals surface area contributed by atoms with Gasteiger partial charge in [0.15, 0.2) is 0 Å². The number of ether oxygens (including phenoxy) is 1. The molecule has 0 radical (unpaired) electrons. The number of hydrogen-bond donors (Lipinski definition) is 1. The van der Waals surface area contributed by atoms with E-state index in [9.17, 15) is 13.2 Å². The van der Waals surface area contributed by atoms with Gasteiger partial charge in [0.05, 0.1) is 18.4 Å². The lowest BCUT2D eigenvalue weighted by Gasteiger charge is -2.15. The summed E-state index contributed by atoms with van der Waals surface area (Å²) in [4.78, 5) is 0. The summed E-state index contributed by atoms with van der Waals surface area (Å²) in [6, 6.07) is 12.3. The van der Waals surface area contributed by atoms with Crippen molar-refractivity contribution >= 4 is 11.8 Å². The summed E-state index contributed by atoms with van der Waals surface area (Å²) in [5.41, 5.74) is 8.14. The molecule has 0 saturated heterocycles. The Balaban J connectivity index is 2.02. The van der Waals surface area contributed by atoms with E-state index in [4.69, 9.17) is 10.5 Å². The van der Waals surface area contributed by atoms with Gasteiger partial charge < -0.3 is 10.5 Å². The maximum Gasteiger partial charge on any atom is 0.416 e. The van der Waals surface area contributed by atoms with Gasteiger partial charge in [-0.05, 0) is 24.3 Å². The van der Waals surface area contributed by atoms with Crippen LogP contribution in [0.1, 0.15) is 16.7 Å². The number of para-hydroxylation sites is 1. The number of hydrogen-bond acceptors (Lipinski definition) is 4. The second-order valence-corrected chi connectivity index (χ2v) is 5.88. The minimum Gasteiger partial charge on any atom is -0.496 e. The number of alkyl halides is 3. The van der Waals surface area contributed by atoms with Crippen LogP contribution in [-0.2, 0) is 6.18 Å². The Morgan fingerprint density at radius 2 is 1.77 bits per heavy atom. The monoisotopic (exact) mass is 361 g/mol. The number of likely N-dealkylation sites (N-methyl/N-ethyl adjacent to an activating group) is 1. The van der Waals surface area contributed by atoms with Gasteiger partial charge in [-0.15, -0.1) is 0 Å². The van der Waals surface area contributed by atoms with Crippen LogP contribution in [0.2, 0.25) is 0 Å². The summed E-state index contributed by atoms with van der Waals surface area (Å²) in [6.45, 7) is 0. The van der Waals surface area contributed by atoms with E-state index in [1.54, 1.807) is 19.2 Å². The molecule has 0 fully saturated rings. The van der Waals surface area contributed by atoms with Crippen LogP contribution in [0, 0.1) is 0 Å². The molecule has 2 N–H and O–H groups in total. The van der Waals surface area contributed by atoms with E-state index in [2.05, 4.69) is 5.10 Å². The minimum atomic E-state index is -4.38. The molecule has 0 aliphatic carbocycles. The van der Waals surface area contributed by atoms with Gasteiger partial charge in [-0.2, -0.15) is 18.3 Å². The van der Waals surface area contributed by atoms with E-state index < -0.39 is 17.9 Å². The van der Waals surface area contributed by atoms with Gasteiger partial charge in [-0.25, -0.2) is 0 Å². The topological polar surface area (TPSA) is 50.8 Å². The summed E-state index contributed by atoms with van der Waals surface area (Å²) < 4.78 is 43.7. The fraction of sp³-hybridized carbons (Fsp3) is 0.211. The molecule has 2 aromatic rings. The first-order valence-corrected chi connectivity index (χ1v) is 7.91. The van der Waals surface area contributed by atoms with Crippen molar-refractivity contribution in [2.45, 2.75) is 12.3 Å². The lowest BCUT2D eigenvalue weighted by molar-refractivity contribution is -0.137. The smallest absolute Gasteiger partial charge is 0.416 e. The highest BCUT2D eigenvalue weighted by molar-refractivity contribution is 6.16. The lowest BCUT2D eigenvalue weighted by Crippen LogP contribution is -2.33. The van der Waals surface area contributed by atoms with Gasteiger partial charge in [0.1, 0.15) is 11.9 Å². The molecule has 1 atom stereocenters. The standard InChI is InChI=1S/C19H18F3N3O/c1-25-18(23)15(11-13-5-3-4-6-16(13)26-2)17(24-25)12-7-9-14(10-8-12)19(20,21)22/h3-11,18H,23H2,1-2H3. The molecule has 1 unspecified atom stereocenters. The molecule has 136 valence electrons. The molecule has 0 spiro atoms. The van der Waals surface area contributed by atoms with Gasteiger partial charge in [0.2, 0.25) is 0 Å². The zero-order valence-corrected chi connectivity index (χ0v) is 14.3. The maximum absolute atomic E-state index is 12.8. The molecule has 26 heavy (non-hydrogen) atoms. The Morgan fingerprint density at radius 1 is 1.12 bits per heavy atom. The number of benzene rings is 2. The van der Waals surface area contributed by atoms with E-state index in [-0.39, 0.29) is 0 Å².